The van der Waals surface area contributed by atoms with Gasteiger partial charge in [-0.15, -0.1) is 0 Å². The maximum atomic E-state index is 14.0. The Morgan fingerprint density at radius 1 is 0.796 bits per heavy atom. The number of benzene rings is 2. The molecular formula is C37H45N3O8S. The molecule has 11 nitrogen and oxygen atoms in total. The Kier molecular flexibility index (Phi) is 11.5. The van der Waals surface area contributed by atoms with E-state index >= 15 is 0 Å². The molecule has 3 atom stereocenters. The molecule has 3 aromatic rings. The molecule has 3 aromatic carbocycles. The molecule has 0 fully saturated rings. The molecule has 0 saturated heterocycles. The highest BCUT2D eigenvalue weighted by atomic mass is 32.2. The summed E-state index contributed by atoms with van der Waals surface area (Å²) in [7, 11) is 7.88. The van der Waals surface area contributed by atoms with Crippen LogP contribution in [0.3, 0.4) is 0 Å². The average molecular weight is 692 g/mol. The van der Waals surface area contributed by atoms with Gasteiger partial charge in [0.15, 0.2) is 23.0 Å². The lowest BCUT2D eigenvalue weighted by Gasteiger charge is -2.22. The van der Waals surface area contributed by atoms with Crippen molar-refractivity contribution in [2.45, 2.75) is 57.2 Å². The molecule has 0 unspecified atom stereocenters. The van der Waals surface area contributed by atoms with Gasteiger partial charge in [0.25, 0.3) is 0 Å². The van der Waals surface area contributed by atoms with Crippen molar-refractivity contribution in [3.8, 4) is 39.9 Å². The topological polar surface area (TPSA) is 133 Å². The first kappa shape index (κ1) is 35.7. The molecular weight excluding hydrogens is 646 g/mol. The predicted molar refractivity (Wildman–Crippen MR) is 192 cm³/mol. The zero-order valence-electron chi connectivity index (χ0n) is 29.1. The third-order valence-electron chi connectivity index (χ3n) is 9.21. The zero-order valence-corrected chi connectivity index (χ0v) is 29.9. The number of hydrogen-bond acceptors (Lipinski definition) is 10. The summed E-state index contributed by atoms with van der Waals surface area (Å²) in [5.74, 6) is 2.99. The van der Waals surface area contributed by atoms with Crippen LogP contribution in [0, 0.1) is 0 Å². The molecule has 0 bridgehead atoms. The minimum absolute atomic E-state index is 0.200. The van der Waals surface area contributed by atoms with Crippen LogP contribution in [0.25, 0.3) is 11.1 Å². The number of anilines is 1. The van der Waals surface area contributed by atoms with Gasteiger partial charge < -0.3 is 39.6 Å². The van der Waals surface area contributed by atoms with E-state index in [1.54, 1.807) is 59.4 Å². The van der Waals surface area contributed by atoms with Crippen molar-refractivity contribution in [1.82, 2.24) is 10.6 Å². The summed E-state index contributed by atoms with van der Waals surface area (Å²) in [5, 5.41) is 9.54. The van der Waals surface area contributed by atoms with Gasteiger partial charge in [-0.05, 0) is 102 Å². The van der Waals surface area contributed by atoms with Crippen LogP contribution in [0.15, 0.2) is 41.2 Å². The van der Waals surface area contributed by atoms with Crippen LogP contribution in [0.4, 0.5) is 5.69 Å². The molecule has 0 aliphatic heterocycles. The normalized spacial score (nSPS) is 16.6. The number of aryl methyl sites for hydroxylation is 2. The molecule has 2 aliphatic rings. The number of carbonyl (C=O) groups excluding carboxylic acids is 2. The molecule has 0 spiro atoms. The van der Waals surface area contributed by atoms with E-state index in [4.69, 9.17) is 23.7 Å². The number of fused-ring (bicyclic) bond motifs is 4. The Hall–Kier alpha value is -4.58. The van der Waals surface area contributed by atoms with Crippen LogP contribution in [0.2, 0.25) is 0 Å². The standard InChI is InChI=1S/C37H45N3O8S/c1-20(41)38-27-12-9-22-17-33(46-4)35(47-5)36(48-6)34(22)23-10-13-28(30(42)18-25(23)27)39-29(14-15-49-7)37(43)40-26-11-8-21-16-31(44-2)32(45-3)19-24(21)26/h10,13,16-19,26-27,29H,8-9,11-12,14-15H2,1-7H3,(H,38,41)(H,39,42)(H,40,43)/t26-,27+,29+/m1/s1. The quantitative estimate of drug-likeness (QED) is 0.219. The summed E-state index contributed by atoms with van der Waals surface area (Å²) in [4.78, 5) is 40.2. The van der Waals surface area contributed by atoms with Gasteiger partial charge in [0.05, 0.1) is 53.3 Å². The van der Waals surface area contributed by atoms with E-state index in [1.807, 2.05) is 30.5 Å². The van der Waals surface area contributed by atoms with Crippen LogP contribution in [0.1, 0.15) is 60.5 Å². The highest BCUT2D eigenvalue weighted by Crippen LogP contribution is 2.50. The van der Waals surface area contributed by atoms with Gasteiger partial charge in [-0.25, -0.2) is 0 Å². The summed E-state index contributed by atoms with van der Waals surface area (Å²) in [5.41, 5.74) is 5.13. The summed E-state index contributed by atoms with van der Waals surface area (Å²) in [6, 6.07) is 9.60. The molecule has 2 aliphatic carbocycles. The number of amides is 2. The van der Waals surface area contributed by atoms with Crippen LogP contribution < -0.4 is 45.1 Å². The molecule has 12 heteroatoms. The van der Waals surface area contributed by atoms with Crippen molar-refractivity contribution in [2.75, 3.05) is 52.9 Å². The molecule has 0 saturated carbocycles. The first-order valence-corrected chi connectivity index (χ1v) is 17.6. The zero-order chi connectivity index (χ0) is 35.2. The molecule has 2 amide bonds. The third kappa shape index (κ3) is 7.39. The largest absolute Gasteiger partial charge is 0.493 e. The first-order chi connectivity index (χ1) is 23.7. The SMILES string of the molecule is COc1cc2c(cc1OC)[C@H](NC(=O)[C@H](CCSC)Nc1ccc3c(cc1=O)[C@@H](NC(C)=O)CCc1cc(OC)c(OC)c(OC)c1-3)CC2. The van der Waals surface area contributed by atoms with E-state index < -0.39 is 12.1 Å². The van der Waals surface area contributed by atoms with Crippen LogP contribution in [-0.4, -0.2) is 65.4 Å². The van der Waals surface area contributed by atoms with Crippen molar-refractivity contribution in [3.05, 3.63) is 68.9 Å². The predicted octanol–water partition coefficient (Wildman–Crippen LogP) is 5.22. The fourth-order valence-corrected chi connectivity index (χ4v) is 7.35. The van der Waals surface area contributed by atoms with Crippen molar-refractivity contribution >= 4 is 29.3 Å². The fourth-order valence-electron chi connectivity index (χ4n) is 6.87. The van der Waals surface area contributed by atoms with Crippen molar-refractivity contribution in [1.29, 1.82) is 0 Å². The fraction of sp³-hybridized carbons (Fsp3) is 0.432. The van der Waals surface area contributed by atoms with Crippen molar-refractivity contribution in [2.24, 2.45) is 0 Å². The summed E-state index contributed by atoms with van der Waals surface area (Å²) < 4.78 is 28.2. The second kappa shape index (κ2) is 15.8. The Balaban J connectivity index is 1.54. The number of rotatable bonds is 13. The first-order valence-electron chi connectivity index (χ1n) is 16.3. The molecule has 5 rings (SSSR count). The molecule has 0 radical (unpaired) electrons. The lowest BCUT2D eigenvalue weighted by atomic mass is 9.95. The maximum Gasteiger partial charge on any atom is 0.243 e. The third-order valence-corrected chi connectivity index (χ3v) is 9.86. The monoisotopic (exact) mass is 691 g/mol. The van der Waals surface area contributed by atoms with E-state index in [0.717, 1.165) is 35.1 Å². The molecule has 0 heterocycles. The number of methoxy groups -OCH3 is 5. The number of carbonyl (C=O) groups is 2. The van der Waals surface area contributed by atoms with Crippen molar-refractivity contribution in [3.63, 3.8) is 0 Å². The second-order valence-electron chi connectivity index (χ2n) is 12.1. The summed E-state index contributed by atoms with van der Waals surface area (Å²) >= 11 is 1.63. The van der Waals surface area contributed by atoms with Gasteiger partial charge in [0.1, 0.15) is 6.04 Å². The maximum absolute atomic E-state index is 14.0. The van der Waals surface area contributed by atoms with Crippen LogP contribution in [-0.2, 0) is 22.4 Å². The van der Waals surface area contributed by atoms with Gasteiger partial charge in [0, 0.05) is 12.5 Å². The Labute approximate surface area is 291 Å². The smallest absolute Gasteiger partial charge is 0.243 e. The minimum Gasteiger partial charge on any atom is -0.493 e. The van der Waals surface area contributed by atoms with E-state index in [0.29, 0.717) is 64.9 Å². The van der Waals surface area contributed by atoms with Gasteiger partial charge in [0.2, 0.25) is 23.0 Å². The lowest BCUT2D eigenvalue weighted by molar-refractivity contribution is -0.122. The van der Waals surface area contributed by atoms with E-state index in [2.05, 4.69) is 16.0 Å². The molecule has 0 aromatic heterocycles. The number of thioether (sulfide) groups is 1. The van der Waals surface area contributed by atoms with Gasteiger partial charge >= 0.3 is 0 Å². The second-order valence-corrected chi connectivity index (χ2v) is 13.1. The highest BCUT2D eigenvalue weighted by Gasteiger charge is 2.31. The number of hydrogen-bond donors (Lipinski definition) is 3. The minimum atomic E-state index is -0.677. The van der Waals surface area contributed by atoms with Crippen LogP contribution >= 0.6 is 11.8 Å². The number of nitrogens with one attached hydrogen (secondary N) is 3. The summed E-state index contributed by atoms with van der Waals surface area (Å²) in [6.45, 7) is 1.46. The van der Waals surface area contributed by atoms with Gasteiger partial charge in [-0.3, -0.25) is 14.4 Å². The Morgan fingerprint density at radius 2 is 1.43 bits per heavy atom. The lowest BCUT2D eigenvalue weighted by Crippen LogP contribution is -2.42. The van der Waals surface area contributed by atoms with E-state index in [1.165, 1.54) is 6.92 Å². The molecule has 49 heavy (non-hydrogen) atoms. The van der Waals surface area contributed by atoms with Gasteiger partial charge in [-0.2, -0.15) is 11.8 Å². The molecule has 262 valence electrons. The number of ether oxygens (including phenoxy) is 5. The Morgan fingerprint density at radius 3 is 2.06 bits per heavy atom. The Bertz CT molecular complexity index is 1780. The summed E-state index contributed by atoms with van der Waals surface area (Å²) in [6.07, 6.45) is 5.16. The molecule has 3 N–H and O–H groups in total. The highest BCUT2D eigenvalue weighted by molar-refractivity contribution is 7.98. The van der Waals surface area contributed by atoms with E-state index in [9.17, 15) is 14.4 Å². The van der Waals surface area contributed by atoms with E-state index in [-0.39, 0.29) is 29.0 Å². The van der Waals surface area contributed by atoms with Crippen molar-refractivity contribution < 1.29 is 33.3 Å². The van der Waals surface area contributed by atoms with Gasteiger partial charge in [-0.1, -0.05) is 6.07 Å². The average Bonchev–Trinajstić information content (AvgIpc) is 3.33. The van der Waals surface area contributed by atoms with Crippen LogP contribution in [0.5, 0.6) is 28.7 Å².